The van der Waals surface area contributed by atoms with Crippen LogP contribution in [-0.4, -0.2) is 26.5 Å². The first-order chi connectivity index (χ1) is 13.8. The molecule has 0 bridgehead atoms. The van der Waals surface area contributed by atoms with Crippen LogP contribution in [0.4, 0.5) is 0 Å². The second-order valence-electron chi connectivity index (χ2n) is 7.29. The fraction of sp³-hybridized carbons (Fsp3) is 0.318. The van der Waals surface area contributed by atoms with E-state index in [1.807, 2.05) is 38.1 Å². The molecule has 1 saturated carbocycles. The van der Waals surface area contributed by atoms with E-state index in [1.54, 1.807) is 30.3 Å². The van der Waals surface area contributed by atoms with Crippen LogP contribution >= 0.6 is 0 Å². The highest BCUT2D eigenvalue weighted by atomic mass is 32.2. The van der Waals surface area contributed by atoms with E-state index in [4.69, 9.17) is 4.74 Å². The van der Waals surface area contributed by atoms with Crippen molar-refractivity contribution in [3.63, 3.8) is 0 Å². The monoisotopic (exact) mass is 414 g/mol. The van der Waals surface area contributed by atoms with Crippen molar-refractivity contribution in [3.8, 4) is 5.75 Å². The lowest BCUT2D eigenvalue weighted by Crippen LogP contribution is -2.25. The third-order valence-electron chi connectivity index (χ3n) is 4.31. The average molecular weight is 415 g/mol. The highest BCUT2D eigenvalue weighted by Gasteiger charge is 2.27. The van der Waals surface area contributed by atoms with E-state index >= 15 is 0 Å². The van der Waals surface area contributed by atoms with Crippen molar-refractivity contribution in [2.45, 2.75) is 50.3 Å². The summed E-state index contributed by atoms with van der Waals surface area (Å²) in [6, 6.07) is 14.1. The zero-order chi connectivity index (χ0) is 20.9. The Hall–Kier alpha value is -2.64. The first-order valence-corrected chi connectivity index (χ1v) is 11.1. The molecule has 2 aromatic carbocycles. The van der Waals surface area contributed by atoms with Gasteiger partial charge in [0.25, 0.3) is 0 Å². The lowest BCUT2D eigenvalue weighted by Gasteiger charge is -2.14. The van der Waals surface area contributed by atoms with Gasteiger partial charge in [0, 0.05) is 24.2 Å². The first kappa shape index (κ1) is 21.1. The fourth-order valence-electron chi connectivity index (χ4n) is 2.68. The summed E-state index contributed by atoms with van der Waals surface area (Å²) in [7, 11) is -3.46. The number of rotatable bonds is 9. The fourth-order valence-corrected chi connectivity index (χ4v) is 3.98. The van der Waals surface area contributed by atoms with Crippen molar-refractivity contribution in [3.05, 3.63) is 65.7 Å². The highest BCUT2D eigenvalue weighted by molar-refractivity contribution is 7.89. The zero-order valence-electron chi connectivity index (χ0n) is 16.6. The van der Waals surface area contributed by atoms with Crippen LogP contribution < -0.4 is 14.8 Å². The molecule has 2 aromatic rings. The number of nitrogens with one attached hydrogen (secondary N) is 2. The lowest BCUT2D eigenvalue weighted by atomic mass is 10.2. The van der Waals surface area contributed by atoms with E-state index in [0.29, 0.717) is 6.54 Å². The van der Waals surface area contributed by atoms with Gasteiger partial charge >= 0.3 is 0 Å². The van der Waals surface area contributed by atoms with Crippen LogP contribution in [0.15, 0.2) is 59.5 Å². The number of amides is 1. The normalized spacial score (nSPS) is 14.3. The maximum atomic E-state index is 12.2. The Balaban J connectivity index is 1.55. The van der Waals surface area contributed by atoms with Gasteiger partial charge < -0.3 is 10.1 Å². The quantitative estimate of drug-likeness (QED) is 0.617. The number of hydrogen-bond donors (Lipinski definition) is 2. The summed E-state index contributed by atoms with van der Waals surface area (Å²) in [4.78, 5) is 12.4. The molecule has 7 heteroatoms. The van der Waals surface area contributed by atoms with Gasteiger partial charge in [-0.2, -0.15) is 0 Å². The summed E-state index contributed by atoms with van der Waals surface area (Å²) in [5, 5.41) is 2.84. The molecule has 0 radical (unpaired) electrons. The summed E-state index contributed by atoms with van der Waals surface area (Å²) >= 11 is 0. The molecule has 1 fully saturated rings. The maximum absolute atomic E-state index is 12.2. The molecule has 0 aliphatic heterocycles. The van der Waals surface area contributed by atoms with Gasteiger partial charge in [0.05, 0.1) is 11.0 Å². The summed E-state index contributed by atoms with van der Waals surface area (Å²) in [6.45, 7) is 4.27. The van der Waals surface area contributed by atoms with Gasteiger partial charge in [-0.3, -0.25) is 4.79 Å². The predicted molar refractivity (Wildman–Crippen MR) is 113 cm³/mol. The number of para-hydroxylation sites is 1. The Bertz CT molecular complexity index is 978. The Kier molecular flexibility index (Phi) is 6.71. The van der Waals surface area contributed by atoms with Gasteiger partial charge in [-0.15, -0.1) is 0 Å². The van der Waals surface area contributed by atoms with E-state index in [-0.39, 0.29) is 22.9 Å². The molecule has 154 valence electrons. The molecular weight excluding hydrogens is 388 g/mol. The summed E-state index contributed by atoms with van der Waals surface area (Å²) in [5.41, 5.74) is 1.65. The molecule has 0 atom stereocenters. The van der Waals surface area contributed by atoms with Crippen LogP contribution in [0, 0.1) is 0 Å². The average Bonchev–Trinajstić information content (AvgIpc) is 3.49. The van der Waals surface area contributed by atoms with E-state index in [1.165, 1.54) is 6.08 Å². The van der Waals surface area contributed by atoms with Gasteiger partial charge in [0.2, 0.25) is 15.9 Å². The molecule has 6 nitrogen and oxygen atoms in total. The maximum Gasteiger partial charge on any atom is 0.244 e. The second-order valence-corrected chi connectivity index (χ2v) is 9.00. The molecule has 1 amide bonds. The Morgan fingerprint density at radius 2 is 1.83 bits per heavy atom. The van der Waals surface area contributed by atoms with Crippen LogP contribution in [-0.2, 0) is 21.4 Å². The third-order valence-corrected chi connectivity index (χ3v) is 5.84. The smallest absolute Gasteiger partial charge is 0.244 e. The SMILES string of the molecule is CC(C)Oc1ccccc1CNC(=O)C=Cc1ccc(S(=O)(=O)NC2CC2)cc1. The highest BCUT2D eigenvalue weighted by Crippen LogP contribution is 2.22. The van der Waals surface area contributed by atoms with Crippen molar-refractivity contribution in [2.75, 3.05) is 0 Å². The first-order valence-electron chi connectivity index (χ1n) is 9.66. The van der Waals surface area contributed by atoms with Crippen LogP contribution in [0.1, 0.15) is 37.8 Å². The number of carbonyl (C=O) groups is 1. The van der Waals surface area contributed by atoms with Crippen molar-refractivity contribution >= 4 is 22.0 Å². The van der Waals surface area contributed by atoms with Crippen molar-refractivity contribution in [1.29, 1.82) is 0 Å². The van der Waals surface area contributed by atoms with E-state index < -0.39 is 10.0 Å². The van der Waals surface area contributed by atoms with Crippen molar-refractivity contribution < 1.29 is 17.9 Å². The number of benzene rings is 2. The molecular formula is C22H26N2O4S. The topological polar surface area (TPSA) is 84.5 Å². The minimum absolute atomic E-state index is 0.0537. The number of ether oxygens (including phenoxy) is 1. The minimum Gasteiger partial charge on any atom is -0.491 e. The van der Waals surface area contributed by atoms with E-state index in [2.05, 4.69) is 10.0 Å². The summed E-state index contributed by atoms with van der Waals surface area (Å²) in [6.07, 6.45) is 4.92. The molecule has 3 rings (SSSR count). The van der Waals surface area contributed by atoms with Crippen molar-refractivity contribution in [2.24, 2.45) is 0 Å². The van der Waals surface area contributed by atoms with Crippen LogP contribution in [0.3, 0.4) is 0 Å². The summed E-state index contributed by atoms with van der Waals surface area (Å²) in [5.74, 6) is 0.514. The molecule has 0 aromatic heterocycles. The standard InChI is InChI=1S/C22H26N2O4S/c1-16(2)28-21-6-4-3-5-18(21)15-23-22(25)14-9-17-7-12-20(13-8-17)29(26,27)24-19-10-11-19/h3-9,12-14,16,19,24H,10-11,15H2,1-2H3,(H,23,25). The van der Waals surface area contributed by atoms with Gasteiger partial charge in [0.1, 0.15) is 5.75 Å². The molecule has 29 heavy (non-hydrogen) atoms. The molecule has 0 unspecified atom stereocenters. The molecule has 1 aliphatic carbocycles. The van der Waals surface area contributed by atoms with Gasteiger partial charge in [-0.05, 0) is 56.5 Å². The lowest BCUT2D eigenvalue weighted by molar-refractivity contribution is -0.116. The van der Waals surface area contributed by atoms with Crippen molar-refractivity contribution in [1.82, 2.24) is 10.0 Å². The molecule has 0 heterocycles. The zero-order valence-corrected chi connectivity index (χ0v) is 17.4. The molecule has 2 N–H and O–H groups in total. The third kappa shape index (κ3) is 6.44. The van der Waals surface area contributed by atoms with Crippen LogP contribution in [0.25, 0.3) is 6.08 Å². The number of sulfonamides is 1. The number of carbonyl (C=O) groups excluding carboxylic acids is 1. The predicted octanol–water partition coefficient (Wildman–Crippen LogP) is 3.24. The van der Waals surface area contributed by atoms with Crippen LogP contribution in [0.5, 0.6) is 5.75 Å². The largest absolute Gasteiger partial charge is 0.491 e. The van der Waals surface area contributed by atoms with Gasteiger partial charge in [-0.1, -0.05) is 30.3 Å². The van der Waals surface area contributed by atoms with Gasteiger partial charge in [0.15, 0.2) is 0 Å². The molecule has 0 saturated heterocycles. The second kappa shape index (κ2) is 9.24. The Morgan fingerprint density at radius 1 is 1.14 bits per heavy atom. The molecule has 0 spiro atoms. The summed E-state index contributed by atoms with van der Waals surface area (Å²) < 4.78 is 32.7. The van der Waals surface area contributed by atoms with Gasteiger partial charge in [-0.25, -0.2) is 13.1 Å². The Morgan fingerprint density at radius 3 is 2.48 bits per heavy atom. The van der Waals surface area contributed by atoms with E-state index in [9.17, 15) is 13.2 Å². The minimum atomic E-state index is -3.46. The molecule has 1 aliphatic rings. The Labute approximate surface area is 172 Å². The van der Waals surface area contributed by atoms with E-state index in [0.717, 1.165) is 29.7 Å². The van der Waals surface area contributed by atoms with Crippen LogP contribution in [0.2, 0.25) is 0 Å². The number of hydrogen-bond acceptors (Lipinski definition) is 4.